The molecule has 0 aliphatic carbocycles. The number of fused-ring (bicyclic) bond motifs is 4. The van der Waals surface area contributed by atoms with Crippen LogP contribution in [-0.2, 0) is 7.05 Å². The summed E-state index contributed by atoms with van der Waals surface area (Å²) >= 11 is 6.12. The van der Waals surface area contributed by atoms with Gasteiger partial charge in [-0.25, -0.2) is 0 Å². The number of para-hydroxylation sites is 2. The summed E-state index contributed by atoms with van der Waals surface area (Å²) in [5, 5.41) is 6.60. The normalized spacial score (nSPS) is 15.8. The molecular weight excluding hydrogens is 418 g/mol. The van der Waals surface area contributed by atoms with E-state index >= 15 is 0 Å². The fourth-order valence-corrected chi connectivity index (χ4v) is 4.84. The molecule has 32 heavy (non-hydrogen) atoms. The van der Waals surface area contributed by atoms with Crippen LogP contribution in [-0.4, -0.2) is 10.5 Å². The molecular formula is C27H20ClN3O. The molecule has 0 fully saturated rings. The van der Waals surface area contributed by atoms with E-state index in [0.717, 1.165) is 22.5 Å². The van der Waals surface area contributed by atoms with E-state index in [9.17, 15) is 4.79 Å². The molecule has 1 amide bonds. The second-order valence-corrected chi connectivity index (χ2v) is 8.53. The summed E-state index contributed by atoms with van der Waals surface area (Å²) in [6.07, 6.45) is -0.345. The van der Waals surface area contributed by atoms with Crippen molar-refractivity contribution in [1.82, 2.24) is 4.57 Å². The fourth-order valence-electron chi connectivity index (χ4n) is 4.71. The summed E-state index contributed by atoms with van der Waals surface area (Å²) in [5.74, 6) is -0.0373. The van der Waals surface area contributed by atoms with Crippen LogP contribution in [0, 0.1) is 0 Å². The van der Waals surface area contributed by atoms with Crippen molar-refractivity contribution in [2.45, 2.75) is 6.17 Å². The van der Waals surface area contributed by atoms with Crippen LogP contribution >= 0.6 is 11.6 Å². The molecule has 0 radical (unpaired) electrons. The number of carbonyl (C=O) groups is 1. The Hall–Kier alpha value is -3.76. The Labute approximate surface area is 190 Å². The first-order chi connectivity index (χ1) is 15.6. The van der Waals surface area contributed by atoms with Gasteiger partial charge in [-0.05, 0) is 60.2 Å². The third kappa shape index (κ3) is 2.80. The van der Waals surface area contributed by atoms with Crippen molar-refractivity contribution >= 4 is 50.7 Å². The van der Waals surface area contributed by atoms with Gasteiger partial charge in [0.2, 0.25) is 0 Å². The van der Waals surface area contributed by atoms with Gasteiger partial charge in [0, 0.05) is 45.3 Å². The summed E-state index contributed by atoms with van der Waals surface area (Å²) in [7, 11) is 2.09. The van der Waals surface area contributed by atoms with Gasteiger partial charge in [-0.2, -0.15) is 0 Å². The number of hydrogen-bond donors (Lipinski definition) is 1. The minimum Gasteiger partial charge on any atom is -0.360 e. The number of carbonyl (C=O) groups excluding carboxylic acids is 1. The van der Waals surface area contributed by atoms with Crippen LogP contribution in [0.2, 0.25) is 5.02 Å². The van der Waals surface area contributed by atoms with Crippen LogP contribution in [0.5, 0.6) is 0 Å². The number of nitrogens with one attached hydrogen (secondary N) is 1. The average Bonchev–Trinajstić information content (AvgIpc) is 3.11. The molecule has 0 saturated carbocycles. The lowest BCUT2D eigenvalue weighted by Crippen LogP contribution is -2.43. The van der Waals surface area contributed by atoms with Crippen molar-refractivity contribution in [1.29, 1.82) is 0 Å². The molecule has 5 aromatic rings. The Balaban J connectivity index is 1.56. The van der Waals surface area contributed by atoms with E-state index < -0.39 is 0 Å². The predicted octanol–water partition coefficient (Wildman–Crippen LogP) is 6.76. The van der Waals surface area contributed by atoms with Gasteiger partial charge in [-0.3, -0.25) is 9.69 Å². The highest BCUT2D eigenvalue weighted by Gasteiger charge is 2.34. The van der Waals surface area contributed by atoms with Crippen molar-refractivity contribution in [3.8, 4) is 0 Å². The minimum absolute atomic E-state index is 0.0373. The molecule has 1 N–H and O–H groups in total. The van der Waals surface area contributed by atoms with E-state index in [1.807, 2.05) is 53.4 Å². The highest BCUT2D eigenvalue weighted by Crippen LogP contribution is 2.39. The lowest BCUT2D eigenvalue weighted by molar-refractivity contribution is 0.0975. The van der Waals surface area contributed by atoms with Crippen molar-refractivity contribution in [2.24, 2.45) is 7.05 Å². The summed E-state index contributed by atoms with van der Waals surface area (Å²) in [6, 6.07) is 29.9. The Morgan fingerprint density at radius 2 is 1.53 bits per heavy atom. The summed E-state index contributed by atoms with van der Waals surface area (Å²) in [5.41, 5.74) is 5.66. The van der Waals surface area contributed by atoms with Crippen LogP contribution in [0.4, 0.5) is 11.4 Å². The smallest absolute Gasteiger partial charge is 0.262 e. The Morgan fingerprint density at radius 1 is 0.812 bits per heavy atom. The van der Waals surface area contributed by atoms with E-state index in [4.69, 9.17) is 11.6 Å². The topological polar surface area (TPSA) is 37.3 Å². The maximum atomic E-state index is 13.6. The molecule has 5 heteroatoms. The largest absolute Gasteiger partial charge is 0.360 e. The van der Waals surface area contributed by atoms with Crippen LogP contribution in [0.1, 0.15) is 22.1 Å². The van der Waals surface area contributed by atoms with Crippen LogP contribution < -0.4 is 10.2 Å². The molecule has 6 rings (SSSR count). The van der Waals surface area contributed by atoms with Crippen molar-refractivity contribution in [3.05, 3.63) is 107 Å². The van der Waals surface area contributed by atoms with Crippen molar-refractivity contribution in [3.63, 3.8) is 0 Å². The molecule has 0 bridgehead atoms. The van der Waals surface area contributed by atoms with Gasteiger partial charge in [-0.15, -0.1) is 0 Å². The van der Waals surface area contributed by atoms with Gasteiger partial charge in [0.05, 0.1) is 5.56 Å². The molecule has 156 valence electrons. The van der Waals surface area contributed by atoms with Gasteiger partial charge < -0.3 is 9.88 Å². The molecule has 1 aliphatic rings. The van der Waals surface area contributed by atoms with E-state index in [2.05, 4.69) is 59.4 Å². The van der Waals surface area contributed by atoms with Crippen LogP contribution in [0.3, 0.4) is 0 Å². The first-order valence-electron chi connectivity index (χ1n) is 10.5. The first-order valence-corrected chi connectivity index (χ1v) is 10.9. The molecule has 4 aromatic carbocycles. The lowest BCUT2D eigenvalue weighted by Gasteiger charge is -2.38. The quantitative estimate of drug-likeness (QED) is 0.331. The number of amides is 1. The van der Waals surface area contributed by atoms with Gasteiger partial charge in [-0.1, -0.05) is 48.0 Å². The number of benzene rings is 4. The standard InChI is InChI=1S/C27H20ClN3O/c1-30-24-9-5-3-6-20(24)22-16-17(10-15-25(22)30)26-29-23-8-4-2-7-21(23)27(32)31(26)19-13-11-18(28)12-14-19/h2-16,26,29H,1H3. The van der Waals surface area contributed by atoms with E-state index in [0.29, 0.717) is 10.6 Å². The van der Waals surface area contributed by atoms with Crippen LogP contribution in [0.25, 0.3) is 21.8 Å². The molecule has 4 nitrogen and oxygen atoms in total. The lowest BCUT2D eigenvalue weighted by atomic mass is 10.0. The van der Waals surface area contributed by atoms with E-state index in [1.54, 1.807) is 0 Å². The third-order valence-electron chi connectivity index (χ3n) is 6.28. The molecule has 1 aromatic heterocycles. The van der Waals surface area contributed by atoms with Gasteiger partial charge in [0.1, 0.15) is 6.17 Å². The molecule has 2 heterocycles. The maximum absolute atomic E-state index is 13.6. The van der Waals surface area contributed by atoms with Crippen LogP contribution in [0.15, 0.2) is 91.0 Å². The molecule has 1 aliphatic heterocycles. The average molecular weight is 438 g/mol. The SMILES string of the molecule is Cn1c2ccccc2c2cc(C3Nc4ccccc4C(=O)N3c3ccc(Cl)cc3)ccc21. The molecule has 0 spiro atoms. The zero-order valence-corrected chi connectivity index (χ0v) is 18.2. The first kappa shape index (κ1) is 19.0. The second kappa shape index (κ2) is 7.14. The minimum atomic E-state index is -0.345. The maximum Gasteiger partial charge on any atom is 0.262 e. The number of aryl methyl sites for hydroxylation is 1. The van der Waals surface area contributed by atoms with E-state index in [1.165, 1.54) is 16.3 Å². The number of rotatable bonds is 2. The zero-order chi connectivity index (χ0) is 21.8. The van der Waals surface area contributed by atoms with Crippen molar-refractivity contribution < 1.29 is 4.79 Å². The zero-order valence-electron chi connectivity index (χ0n) is 17.4. The predicted molar refractivity (Wildman–Crippen MR) is 131 cm³/mol. The second-order valence-electron chi connectivity index (χ2n) is 8.10. The fraction of sp³-hybridized carbons (Fsp3) is 0.0741. The summed E-state index contributed by atoms with van der Waals surface area (Å²) in [4.78, 5) is 15.4. The van der Waals surface area contributed by atoms with Gasteiger partial charge in [0.25, 0.3) is 5.91 Å². The highest BCUT2D eigenvalue weighted by molar-refractivity contribution is 6.30. The number of halogens is 1. The summed E-state index contributed by atoms with van der Waals surface area (Å²) in [6.45, 7) is 0. The molecule has 1 atom stereocenters. The Kier molecular flexibility index (Phi) is 4.23. The van der Waals surface area contributed by atoms with Gasteiger partial charge >= 0.3 is 0 Å². The van der Waals surface area contributed by atoms with Gasteiger partial charge in [0.15, 0.2) is 0 Å². The number of hydrogen-bond acceptors (Lipinski definition) is 2. The Bertz CT molecular complexity index is 1500. The molecule has 0 saturated heterocycles. The third-order valence-corrected chi connectivity index (χ3v) is 6.54. The molecule has 1 unspecified atom stereocenters. The number of aromatic nitrogens is 1. The van der Waals surface area contributed by atoms with E-state index in [-0.39, 0.29) is 12.1 Å². The highest BCUT2D eigenvalue weighted by atomic mass is 35.5. The summed E-state index contributed by atoms with van der Waals surface area (Å²) < 4.78 is 2.21. The monoisotopic (exact) mass is 437 g/mol. The van der Waals surface area contributed by atoms with Crippen molar-refractivity contribution in [2.75, 3.05) is 10.2 Å². The number of anilines is 2. The number of nitrogens with zero attached hydrogens (tertiary/aromatic N) is 2. The Morgan fingerprint density at radius 3 is 2.38 bits per heavy atom.